The molecule has 1 unspecified atom stereocenters. The van der Waals surface area contributed by atoms with Gasteiger partial charge in [0.15, 0.2) is 11.6 Å². The van der Waals surface area contributed by atoms with Gasteiger partial charge in [0, 0.05) is 22.4 Å². The minimum atomic E-state index is -4.99. The second-order valence-electron chi connectivity index (χ2n) is 7.03. The van der Waals surface area contributed by atoms with Crippen molar-refractivity contribution in [3.8, 4) is 5.88 Å². The minimum absolute atomic E-state index is 0.0481. The van der Waals surface area contributed by atoms with Crippen molar-refractivity contribution < 1.29 is 32.8 Å². The number of aliphatic imine (C=N–C) groups is 1. The summed E-state index contributed by atoms with van der Waals surface area (Å²) in [6.45, 7) is -0.820. The van der Waals surface area contributed by atoms with Crippen LogP contribution in [0.25, 0.3) is 11.6 Å². The monoisotopic (exact) mass is 497 g/mol. The molecule has 1 atom stereocenters. The number of hydrogen-bond acceptors (Lipinski definition) is 5. The van der Waals surface area contributed by atoms with Crippen LogP contribution in [0.3, 0.4) is 0 Å². The number of aromatic hydroxyl groups is 1. The normalized spacial score (nSPS) is 15.2. The van der Waals surface area contributed by atoms with Gasteiger partial charge in [-0.1, -0.05) is 23.7 Å². The van der Waals surface area contributed by atoms with Crippen molar-refractivity contribution in [3.05, 3.63) is 80.4 Å². The Bertz CT molecular complexity index is 1410. The largest absolute Gasteiger partial charge is 0.493 e. The van der Waals surface area contributed by atoms with Crippen molar-refractivity contribution in [2.45, 2.75) is 6.04 Å². The Labute approximate surface area is 189 Å². The number of rotatable bonds is 6. The van der Waals surface area contributed by atoms with Gasteiger partial charge >= 0.3 is 13.5 Å². The molecule has 2 heterocycles. The Kier molecular flexibility index (Phi) is 6.08. The van der Waals surface area contributed by atoms with Crippen molar-refractivity contribution in [2.75, 3.05) is 6.61 Å². The van der Waals surface area contributed by atoms with E-state index >= 15 is 0 Å². The molecule has 0 saturated carbocycles. The Balaban J connectivity index is 1.78. The minimum Gasteiger partial charge on any atom is -0.493 e. The first-order valence-electron chi connectivity index (χ1n) is 9.27. The van der Waals surface area contributed by atoms with Crippen LogP contribution in [0.4, 0.5) is 14.5 Å². The lowest BCUT2D eigenvalue weighted by Gasteiger charge is -2.19. The van der Waals surface area contributed by atoms with E-state index in [4.69, 9.17) is 21.4 Å². The summed E-state index contributed by atoms with van der Waals surface area (Å²) < 4.78 is 43.6. The maximum Gasteiger partial charge on any atom is 0.469 e. The number of phosphoric acid groups is 1. The predicted octanol–water partition coefficient (Wildman–Crippen LogP) is 3.77. The van der Waals surface area contributed by atoms with Crippen molar-refractivity contribution in [3.63, 3.8) is 0 Å². The Morgan fingerprint density at radius 1 is 1.21 bits per heavy atom. The number of halogens is 3. The van der Waals surface area contributed by atoms with Crippen LogP contribution in [0.1, 0.15) is 22.9 Å². The molecule has 2 aromatic carbocycles. The molecule has 13 heteroatoms. The predicted molar refractivity (Wildman–Crippen MR) is 117 cm³/mol. The van der Waals surface area contributed by atoms with E-state index in [0.29, 0.717) is 21.8 Å². The second kappa shape index (κ2) is 8.69. The van der Waals surface area contributed by atoms with Gasteiger partial charge in [-0.05, 0) is 35.9 Å². The maximum atomic E-state index is 13.8. The highest BCUT2D eigenvalue weighted by atomic mass is 35.5. The fourth-order valence-corrected chi connectivity index (χ4v) is 3.89. The van der Waals surface area contributed by atoms with Gasteiger partial charge in [0.25, 0.3) is 0 Å². The quantitative estimate of drug-likeness (QED) is 0.383. The van der Waals surface area contributed by atoms with Crippen molar-refractivity contribution in [2.24, 2.45) is 4.99 Å². The van der Waals surface area contributed by atoms with Crippen LogP contribution in [0.2, 0.25) is 5.02 Å². The number of aromatic amines is 1. The van der Waals surface area contributed by atoms with Gasteiger partial charge in [-0.15, -0.1) is 0 Å². The van der Waals surface area contributed by atoms with E-state index < -0.39 is 43.7 Å². The third-order valence-electron chi connectivity index (χ3n) is 4.88. The number of phosphoric ester groups is 1. The summed E-state index contributed by atoms with van der Waals surface area (Å²) in [4.78, 5) is 37.4. The number of allylic oxidation sites excluding steroid dienone is 1. The topological polar surface area (TPSA) is 137 Å². The summed E-state index contributed by atoms with van der Waals surface area (Å²) in [6, 6.07) is 6.23. The third kappa shape index (κ3) is 4.82. The standard InChI is InChI=1S/C20H15ClF2N3O6P/c21-12-2-3-13-11(8-24-16(13)7-12)6-17-19(27)26(20(28)25-17)18(9-32-33(29,30)31)10-1-4-14(22)15(23)5-10/h1-8,18,27H,9H2,(H,25,28)(H2,29,30,31). The molecule has 3 aromatic rings. The molecule has 4 N–H and O–H groups in total. The zero-order valence-electron chi connectivity index (χ0n) is 16.4. The first-order valence-corrected chi connectivity index (χ1v) is 11.2. The van der Waals surface area contributed by atoms with E-state index in [2.05, 4.69) is 14.5 Å². The van der Waals surface area contributed by atoms with Gasteiger partial charge in [-0.2, -0.15) is 0 Å². The first kappa shape index (κ1) is 23.1. The molecule has 0 fully saturated rings. The van der Waals surface area contributed by atoms with Crippen molar-refractivity contribution >= 4 is 43.0 Å². The van der Waals surface area contributed by atoms with Crippen LogP contribution in [0.15, 0.2) is 46.2 Å². The van der Waals surface area contributed by atoms with Crippen LogP contribution in [0.5, 0.6) is 5.88 Å². The van der Waals surface area contributed by atoms with E-state index in [9.17, 15) is 23.2 Å². The zero-order valence-corrected chi connectivity index (χ0v) is 18.1. The summed E-state index contributed by atoms with van der Waals surface area (Å²) in [5.41, 5.74) is 0.823. The molecule has 9 nitrogen and oxygen atoms in total. The Morgan fingerprint density at radius 2 is 1.97 bits per heavy atom. The lowest BCUT2D eigenvalue weighted by Crippen LogP contribution is -2.26. The molecule has 0 saturated heterocycles. The van der Waals surface area contributed by atoms with Crippen LogP contribution in [0, 0.1) is 11.6 Å². The highest BCUT2D eigenvalue weighted by Crippen LogP contribution is 2.39. The molecule has 0 bridgehead atoms. The number of nitrogens with zero attached hydrogens (tertiary/aromatic N) is 2. The molecule has 0 aliphatic carbocycles. The number of nitrogens with one attached hydrogen (secondary N) is 1. The summed E-state index contributed by atoms with van der Waals surface area (Å²) in [5.74, 6) is -3.03. The summed E-state index contributed by atoms with van der Waals surface area (Å²) >= 11 is 5.95. The summed E-state index contributed by atoms with van der Waals surface area (Å²) in [6.07, 6.45) is 2.93. The fraction of sp³-hybridized carbons (Fsp3) is 0.100. The molecule has 1 aliphatic rings. The van der Waals surface area contributed by atoms with Gasteiger partial charge in [-0.3, -0.25) is 14.1 Å². The highest BCUT2D eigenvalue weighted by Gasteiger charge is 2.27. The lowest BCUT2D eigenvalue weighted by molar-refractivity contribution is 0.174. The first-order chi connectivity index (χ1) is 15.5. The molecule has 172 valence electrons. The van der Waals surface area contributed by atoms with Crippen LogP contribution in [-0.4, -0.2) is 37.3 Å². The molecule has 4 rings (SSSR count). The van der Waals surface area contributed by atoms with Crippen LogP contribution in [-0.2, 0) is 9.09 Å². The molecule has 33 heavy (non-hydrogen) atoms. The van der Waals surface area contributed by atoms with E-state index in [-0.39, 0.29) is 11.3 Å². The average molecular weight is 498 g/mol. The number of fused-ring (bicyclic) bond motifs is 1. The Morgan fingerprint density at radius 3 is 2.67 bits per heavy atom. The number of imidazole rings is 1. The van der Waals surface area contributed by atoms with E-state index in [0.717, 1.165) is 22.8 Å². The van der Waals surface area contributed by atoms with Crippen LogP contribution < -0.4 is 5.69 Å². The molecular formula is C20H15ClF2N3O6P. The van der Waals surface area contributed by atoms with Crippen molar-refractivity contribution in [1.29, 1.82) is 0 Å². The molecule has 1 aromatic heterocycles. The van der Waals surface area contributed by atoms with Crippen LogP contribution >= 0.6 is 19.4 Å². The highest BCUT2D eigenvalue weighted by molar-refractivity contribution is 7.46. The average Bonchev–Trinajstić information content (AvgIpc) is 3.25. The lowest BCUT2D eigenvalue weighted by atomic mass is 10.1. The number of aromatic nitrogens is 2. The molecule has 0 amide bonds. The molecule has 0 spiro atoms. The third-order valence-corrected chi connectivity index (χ3v) is 5.60. The number of H-pyrrole nitrogens is 1. The summed E-state index contributed by atoms with van der Waals surface area (Å²) in [7, 11) is -4.99. The van der Waals surface area contributed by atoms with Gasteiger partial charge in [0.1, 0.15) is 5.69 Å². The zero-order chi connectivity index (χ0) is 23.9. The van der Waals surface area contributed by atoms with Gasteiger partial charge in [-0.25, -0.2) is 18.1 Å². The molecule has 0 radical (unpaired) electrons. The fourth-order valence-electron chi connectivity index (χ4n) is 3.39. The number of hydrogen-bond donors (Lipinski definition) is 4. The SMILES string of the molecule is O=c1[nH]c(C=C2C=Nc3cc(Cl)ccc32)c(O)n1C(COP(=O)(O)O)c1ccc(F)c(F)c1. The molecule has 1 aliphatic heterocycles. The number of benzene rings is 2. The smallest absolute Gasteiger partial charge is 0.469 e. The maximum absolute atomic E-state index is 13.8. The summed E-state index contributed by atoms with van der Waals surface area (Å²) in [5, 5.41) is 11.2. The van der Waals surface area contributed by atoms with Gasteiger partial charge < -0.3 is 19.9 Å². The van der Waals surface area contributed by atoms with E-state index in [1.807, 2.05) is 0 Å². The van der Waals surface area contributed by atoms with E-state index in [1.165, 1.54) is 12.3 Å². The van der Waals surface area contributed by atoms with E-state index in [1.54, 1.807) is 18.2 Å². The Hall–Kier alpha value is -3.08. The van der Waals surface area contributed by atoms with Crippen molar-refractivity contribution in [1.82, 2.24) is 9.55 Å². The van der Waals surface area contributed by atoms with Gasteiger partial charge in [0.05, 0.1) is 18.3 Å². The second-order valence-corrected chi connectivity index (χ2v) is 8.71. The molecular weight excluding hydrogens is 483 g/mol. The van der Waals surface area contributed by atoms with Gasteiger partial charge in [0.2, 0.25) is 5.88 Å².